The van der Waals surface area contributed by atoms with Crippen LogP contribution in [0.15, 0.2) is 30.9 Å². The highest BCUT2D eigenvalue weighted by atomic mass is 16.5. The SMILES string of the molecule is CCNc1cc2c(cn1)c(-c1cnn(C)c1)nn2C1CCC(Oc2cn(C)nc2C)CC1. The number of pyridine rings is 1. The fourth-order valence-corrected chi connectivity index (χ4v) is 4.63. The minimum atomic E-state index is 0.216. The first-order valence-corrected chi connectivity index (χ1v) is 11.3. The number of ether oxygens (including phenoxy) is 1. The monoisotopic (exact) mass is 434 g/mol. The van der Waals surface area contributed by atoms with Crippen LogP contribution in [0.5, 0.6) is 5.75 Å². The molecule has 0 unspecified atom stereocenters. The molecule has 5 rings (SSSR count). The number of aromatic nitrogens is 7. The van der Waals surface area contributed by atoms with Gasteiger partial charge in [-0.2, -0.15) is 15.3 Å². The Balaban J connectivity index is 1.42. The number of hydrogen-bond acceptors (Lipinski definition) is 6. The van der Waals surface area contributed by atoms with Crippen LogP contribution < -0.4 is 10.1 Å². The summed E-state index contributed by atoms with van der Waals surface area (Å²) >= 11 is 0. The van der Waals surface area contributed by atoms with E-state index >= 15 is 0 Å². The maximum atomic E-state index is 6.26. The number of nitrogens with zero attached hydrogens (tertiary/aromatic N) is 7. The van der Waals surface area contributed by atoms with Crippen molar-refractivity contribution in [2.24, 2.45) is 14.1 Å². The number of fused-ring (bicyclic) bond motifs is 1. The van der Waals surface area contributed by atoms with Crippen LogP contribution in [0.1, 0.15) is 44.3 Å². The summed E-state index contributed by atoms with van der Waals surface area (Å²) in [5.74, 6) is 1.77. The molecule has 4 aromatic heterocycles. The molecule has 9 heteroatoms. The van der Waals surface area contributed by atoms with E-state index in [9.17, 15) is 0 Å². The summed E-state index contributed by atoms with van der Waals surface area (Å²) in [5, 5.41) is 18.2. The van der Waals surface area contributed by atoms with Crippen LogP contribution in [0.3, 0.4) is 0 Å². The molecule has 1 saturated carbocycles. The lowest BCUT2D eigenvalue weighted by Gasteiger charge is -2.29. The molecule has 1 aliphatic rings. The van der Waals surface area contributed by atoms with Crippen molar-refractivity contribution in [1.29, 1.82) is 0 Å². The minimum absolute atomic E-state index is 0.216. The summed E-state index contributed by atoms with van der Waals surface area (Å²) in [6, 6.07) is 2.45. The van der Waals surface area contributed by atoms with Gasteiger partial charge in [-0.15, -0.1) is 0 Å². The largest absolute Gasteiger partial charge is 0.487 e. The molecule has 0 amide bonds. The van der Waals surface area contributed by atoms with Crippen LogP contribution in [0, 0.1) is 6.92 Å². The zero-order valence-corrected chi connectivity index (χ0v) is 19.1. The second kappa shape index (κ2) is 8.29. The highest BCUT2D eigenvalue weighted by molar-refractivity contribution is 5.93. The number of rotatable bonds is 6. The van der Waals surface area contributed by atoms with E-state index in [1.54, 1.807) is 0 Å². The van der Waals surface area contributed by atoms with Gasteiger partial charge in [0.2, 0.25) is 0 Å². The van der Waals surface area contributed by atoms with Gasteiger partial charge in [-0.1, -0.05) is 0 Å². The Kier molecular flexibility index (Phi) is 5.32. The predicted octanol–water partition coefficient (Wildman–Crippen LogP) is 3.87. The lowest BCUT2D eigenvalue weighted by Crippen LogP contribution is -2.26. The summed E-state index contributed by atoms with van der Waals surface area (Å²) < 4.78 is 12.1. The van der Waals surface area contributed by atoms with Gasteiger partial charge in [0.15, 0.2) is 5.75 Å². The molecule has 0 aliphatic heterocycles. The Labute approximate surface area is 187 Å². The molecule has 0 spiro atoms. The molecule has 0 radical (unpaired) electrons. The third kappa shape index (κ3) is 3.83. The second-order valence-electron chi connectivity index (χ2n) is 8.61. The number of hydrogen-bond donors (Lipinski definition) is 1. The molecular weight excluding hydrogens is 404 g/mol. The molecule has 4 heterocycles. The van der Waals surface area contributed by atoms with Gasteiger partial charge in [0.05, 0.1) is 30.1 Å². The van der Waals surface area contributed by atoms with E-state index in [4.69, 9.17) is 9.84 Å². The van der Waals surface area contributed by atoms with Gasteiger partial charge in [0.25, 0.3) is 0 Å². The fraction of sp³-hybridized carbons (Fsp3) is 0.478. The Morgan fingerprint density at radius 1 is 1.06 bits per heavy atom. The molecule has 0 saturated heterocycles. The molecule has 1 aliphatic carbocycles. The van der Waals surface area contributed by atoms with Crippen molar-refractivity contribution in [1.82, 2.24) is 34.3 Å². The molecule has 4 aromatic rings. The van der Waals surface area contributed by atoms with Gasteiger partial charge < -0.3 is 10.1 Å². The minimum Gasteiger partial charge on any atom is -0.487 e. The lowest BCUT2D eigenvalue weighted by atomic mass is 9.93. The van der Waals surface area contributed by atoms with Crippen molar-refractivity contribution < 1.29 is 4.74 Å². The fourth-order valence-electron chi connectivity index (χ4n) is 4.63. The first-order valence-electron chi connectivity index (χ1n) is 11.3. The van der Waals surface area contributed by atoms with Gasteiger partial charge >= 0.3 is 0 Å². The van der Waals surface area contributed by atoms with Crippen LogP contribution in [0.4, 0.5) is 5.82 Å². The Morgan fingerprint density at radius 2 is 1.88 bits per heavy atom. The molecule has 0 atom stereocenters. The van der Waals surface area contributed by atoms with E-state index in [2.05, 4.69) is 38.2 Å². The van der Waals surface area contributed by atoms with E-state index in [0.717, 1.165) is 71.6 Å². The van der Waals surface area contributed by atoms with Crippen LogP contribution >= 0.6 is 0 Å². The van der Waals surface area contributed by atoms with Gasteiger partial charge in [-0.25, -0.2) is 4.98 Å². The topological polar surface area (TPSA) is 87.6 Å². The van der Waals surface area contributed by atoms with Crippen molar-refractivity contribution in [2.75, 3.05) is 11.9 Å². The van der Waals surface area contributed by atoms with E-state index < -0.39 is 0 Å². The molecule has 0 bridgehead atoms. The molecule has 0 aromatic carbocycles. The van der Waals surface area contributed by atoms with E-state index in [-0.39, 0.29) is 6.10 Å². The van der Waals surface area contributed by atoms with Gasteiger partial charge in [0, 0.05) is 50.0 Å². The normalized spacial score (nSPS) is 18.9. The number of aryl methyl sites for hydroxylation is 3. The zero-order valence-electron chi connectivity index (χ0n) is 19.1. The highest BCUT2D eigenvalue weighted by Crippen LogP contribution is 2.36. The summed E-state index contributed by atoms with van der Waals surface area (Å²) in [6.07, 6.45) is 12.0. The van der Waals surface area contributed by atoms with Gasteiger partial charge in [-0.3, -0.25) is 14.0 Å². The third-order valence-electron chi connectivity index (χ3n) is 6.18. The first kappa shape index (κ1) is 20.5. The smallest absolute Gasteiger partial charge is 0.160 e. The molecular formula is C23H30N8O. The Hall–Kier alpha value is -3.36. The molecule has 1 N–H and O–H groups in total. The van der Waals surface area contributed by atoms with E-state index in [1.807, 2.05) is 55.2 Å². The average Bonchev–Trinajstić information content (AvgIpc) is 3.45. The summed E-state index contributed by atoms with van der Waals surface area (Å²) in [7, 11) is 3.85. The van der Waals surface area contributed by atoms with Crippen molar-refractivity contribution in [2.45, 2.75) is 51.7 Å². The summed E-state index contributed by atoms with van der Waals surface area (Å²) in [5.41, 5.74) is 4.01. The Morgan fingerprint density at radius 3 is 2.53 bits per heavy atom. The quantitative estimate of drug-likeness (QED) is 0.496. The third-order valence-corrected chi connectivity index (χ3v) is 6.18. The maximum Gasteiger partial charge on any atom is 0.160 e. The van der Waals surface area contributed by atoms with Crippen molar-refractivity contribution in [3.8, 4) is 17.0 Å². The molecule has 168 valence electrons. The standard InChI is InChI=1S/C23H30N8O/c1-5-24-22-10-20-19(12-25-22)23(16-11-26-29(3)13-16)28-31(20)17-6-8-18(9-7-17)32-21-14-30(4)27-15(21)2/h10-14,17-18H,5-9H2,1-4H3,(H,24,25). The zero-order chi connectivity index (χ0) is 22.2. The maximum absolute atomic E-state index is 6.26. The summed E-state index contributed by atoms with van der Waals surface area (Å²) in [6.45, 7) is 4.90. The summed E-state index contributed by atoms with van der Waals surface area (Å²) in [4.78, 5) is 4.60. The lowest BCUT2D eigenvalue weighted by molar-refractivity contribution is 0.130. The Bertz CT molecular complexity index is 1230. The van der Waals surface area contributed by atoms with Crippen LogP contribution in [0.25, 0.3) is 22.2 Å². The number of anilines is 1. The highest BCUT2D eigenvalue weighted by Gasteiger charge is 2.27. The van der Waals surface area contributed by atoms with Crippen molar-refractivity contribution in [3.63, 3.8) is 0 Å². The molecule has 9 nitrogen and oxygen atoms in total. The molecule has 1 fully saturated rings. The van der Waals surface area contributed by atoms with Gasteiger partial charge in [-0.05, 0) is 39.5 Å². The van der Waals surface area contributed by atoms with Gasteiger partial charge in [0.1, 0.15) is 17.2 Å². The van der Waals surface area contributed by atoms with Crippen molar-refractivity contribution >= 4 is 16.7 Å². The van der Waals surface area contributed by atoms with Crippen LogP contribution in [0.2, 0.25) is 0 Å². The number of nitrogens with one attached hydrogen (secondary N) is 1. The predicted molar refractivity (Wildman–Crippen MR) is 124 cm³/mol. The molecule has 32 heavy (non-hydrogen) atoms. The van der Waals surface area contributed by atoms with Crippen LogP contribution in [-0.4, -0.2) is 47.0 Å². The van der Waals surface area contributed by atoms with E-state index in [1.165, 1.54) is 0 Å². The van der Waals surface area contributed by atoms with Crippen LogP contribution in [-0.2, 0) is 14.1 Å². The van der Waals surface area contributed by atoms with E-state index in [0.29, 0.717) is 6.04 Å². The first-order chi connectivity index (χ1) is 15.5. The average molecular weight is 435 g/mol. The second-order valence-corrected chi connectivity index (χ2v) is 8.61. The van der Waals surface area contributed by atoms with Crippen molar-refractivity contribution in [3.05, 3.63) is 36.5 Å².